The molecule has 3 aromatic rings. The summed E-state index contributed by atoms with van der Waals surface area (Å²) < 4.78 is 11.3. The van der Waals surface area contributed by atoms with Crippen LogP contribution in [0.15, 0.2) is 53.6 Å². The Kier molecular flexibility index (Phi) is 5.11. The monoisotopic (exact) mass is 426 g/mol. The van der Waals surface area contributed by atoms with Crippen molar-refractivity contribution in [1.29, 1.82) is 0 Å². The van der Waals surface area contributed by atoms with Crippen LogP contribution >= 0.6 is 11.6 Å². The third-order valence-electron chi connectivity index (χ3n) is 4.40. The van der Waals surface area contributed by atoms with Gasteiger partial charge in [0.05, 0.1) is 11.1 Å². The summed E-state index contributed by atoms with van der Waals surface area (Å²) in [5.41, 5.74) is 1.43. The van der Waals surface area contributed by atoms with Gasteiger partial charge in [-0.1, -0.05) is 35.9 Å². The number of amides is 1. The molecular weight excluding hydrogens is 414 g/mol. The number of ether oxygens (including phenoxy) is 2. The smallest absolute Gasteiger partial charge is 0.284 e. The van der Waals surface area contributed by atoms with Crippen molar-refractivity contribution >= 4 is 40.2 Å². The molecule has 4 rings (SSSR count). The van der Waals surface area contributed by atoms with Gasteiger partial charge in [-0.05, 0) is 40.3 Å². The molecule has 1 atom stereocenters. The zero-order chi connectivity index (χ0) is 21.3. The normalized spacial score (nSPS) is 15.3. The summed E-state index contributed by atoms with van der Waals surface area (Å²) in [7, 11) is 0. The zero-order valence-corrected chi connectivity index (χ0v) is 16.0. The molecule has 1 aliphatic heterocycles. The number of carbonyl (C=O) groups excluding carboxylic acids is 1. The molecule has 0 aliphatic carbocycles. The summed E-state index contributed by atoms with van der Waals surface area (Å²) >= 11 is 5.79. The highest BCUT2D eigenvalue weighted by Gasteiger charge is 2.27. The van der Waals surface area contributed by atoms with Gasteiger partial charge in [0, 0.05) is 11.1 Å². The van der Waals surface area contributed by atoms with Crippen molar-refractivity contribution in [3.63, 3.8) is 0 Å². The molecule has 0 saturated heterocycles. The van der Waals surface area contributed by atoms with E-state index in [0.717, 1.165) is 23.1 Å². The minimum Gasteiger partial charge on any atom is -0.867 e. The van der Waals surface area contributed by atoms with E-state index in [2.05, 4.69) is 10.5 Å². The van der Waals surface area contributed by atoms with Crippen LogP contribution in [0.2, 0.25) is 5.02 Å². The number of hydrazone groups is 1. The molecule has 152 valence electrons. The summed E-state index contributed by atoms with van der Waals surface area (Å²) in [5, 5.41) is 28.5. The molecule has 1 aliphatic rings. The van der Waals surface area contributed by atoms with Crippen molar-refractivity contribution in [2.24, 2.45) is 5.10 Å². The van der Waals surface area contributed by atoms with E-state index in [-0.39, 0.29) is 17.2 Å². The molecule has 0 radical (unpaired) electrons. The van der Waals surface area contributed by atoms with E-state index >= 15 is 0 Å². The van der Waals surface area contributed by atoms with Gasteiger partial charge in [0.1, 0.15) is 6.61 Å². The Balaban J connectivity index is 1.47. The van der Waals surface area contributed by atoms with Crippen LogP contribution < -0.4 is 20.0 Å². The highest BCUT2D eigenvalue weighted by Crippen LogP contribution is 2.36. The van der Waals surface area contributed by atoms with Crippen molar-refractivity contribution in [1.82, 2.24) is 5.43 Å². The van der Waals surface area contributed by atoms with Crippen molar-refractivity contribution in [2.45, 2.75) is 6.10 Å². The van der Waals surface area contributed by atoms with Crippen LogP contribution in [0.1, 0.15) is 5.56 Å². The van der Waals surface area contributed by atoms with Gasteiger partial charge in [-0.2, -0.15) is 5.10 Å². The lowest BCUT2D eigenvalue weighted by Crippen LogP contribution is -2.42. The first-order chi connectivity index (χ1) is 14.4. The van der Waals surface area contributed by atoms with Crippen molar-refractivity contribution in [3.05, 3.63) is 69.2 Å². The lowest BCUT2D eigenvalue weighted by atomic mass is 10.1. The van der Waals surface area contributed by atoms with Crippen LogP contribution in [0.5, 0.6) is 17.2 Å². The van der Waals surface area contributed by atoms with Crippen LogP contribution in [0.4, 0.5) is 5.69 Å². The van der Waals surface area contributed by atoms with Crippen molar-refractivity contribution < 1.29 is 24.3 Å². The van der Waals surface area contributed by atoms with Gasteiger partial charge in [0.2, 0.25) is 6.10 Å². The summed E-state index contributed by atoms with van der Waals surface area (Å²) in [6, 6.07) is 13.4. The van der Waals surface area contributed by atoms with E-state index in [1.54, 1.807) is 6.07 Å². The number of hydrogen-bond donors (Lipinski definition) is 1. The molecule has 0 aromatic heterocycles. The maximum absolute atomic E-state index is 12.3. The van der Waals surface area contributed by atoms with Crippen LogP contribution in [-0.4, -0.2) is 29.8 Å². The van der Waals surface area contributed by atoms with Gasteiger partial charge in [-0.25, -0.2) is 5.43 Å². The highest BCUT2D eigenvalue weighted by atomic mass is 35.5. The second kappa shape index (κ2) is 7.88. The maximum atomic E-state index is 12.3. The number of benzene rings is 3. The molecule has 0 saturated carbocycles. The highest BCUT2D eigenvalue weighted by molar-refractivity contribution is 6.31. The molecule has 0 bridgehead atoms. The summed E-state index contributed by atoms with van der Waals surface area (Å²) in [6.07, 6.45) is 0.0285. The third kappa shape index (κ3) is 3.83. The first-order valence-corrected chi connectivity index (χ1v) is 9.10. The lowest BCUT2D eigenvalue weighted by molar-refractivity contribution is -0.398. The number of nitro groups is 1. The molecule has 1 amide bonds. The standard InChI is InChI=1S/C20H14ClN3O6/c21-14-5-13(19(25)15(8-14)24(27)28)9-22-23-20(26)18-10-29-16-6-11-3-1-2-4-12(11)7-17(16)30-18/h1-9,18,25H,10H2,(H,23,26)/p-1/t18-/m0/s1. The Morgan fingerprint density at radius 1 is 1.20 bits per heavy atom. The fraction of sp³-hybridized carbons (Fsp3) is 0.100. The first-order valence-electron chi connectivity index (χ1n) is 8.72. The summed E-state index contributed by atoms with van der Waals surface area (Å²) in [6.45, 7) is -0.0257. The Morgan fingerprint density at radius 2 is 1.90 bits per heavy atom. The van der Waals surface area contributed by atoms with E-state index in [9.17, 15) is 20.0 Å². The minimum absolute atomic E-state index is 0.00178. The van der Waals surface area contributed by atoms with Crippen molar-refractivity contribution in [3.8, 4) is 17.2 Å². The van der Waals surface area contributed by atoms with E-state index in [4.69, 9.17) is 21.1 Å². The number of fused-ring (bicyclic) bond motifs is 2. The maximum Gasteiger partial charge on any atom is 0.284 e. The molecular formula is C20H13ClN3O6-. The topological polar surface area (TPSA) is 126 Å². The predicted octanol–water partition coefficient (Wildman–Crippen LogP) is 2.77. The Bertz CT molecular complexity index is 1200. The Hall–Kier alpha value is -3.85. The largest absolute Gasteiger partial charge is 0.867 e. The average Bonchev–Trinajstić information content (AvgIpc) is 2.73. The SMILES string of the molecule is O=C(NN=Cc1cc(Cl)cc([N+](=O)[O-])c1[O-])[C@@H]1COc2cc3ccccc3cc2O1. The molecule has 0 unspecified atom stereocenters. The van der Waals surface area contributed by atoms with Crippen LogP contribution in [0, 0.1) is 10.1 Å². The molecule has 3 aromatic carbocycles. The van der Waals surface area contributed by atoms with Crippen LogP contribution in [0.25, 0.3) is 10.8 Å². The summed E-state index contributed by atoms with van der Waals surface area (Å²) in [5.74, 6) is -0.505. The zero-order valence-electron chi connectivity index (χ0n) is 15.2. The van der Waals surface area contributed by atoms with Gasteiger partial charge in [0.15, 0.2) is 11.5 Å². The Labute approximate surface area is 174 Å². The van der Waals surface area contributed by atoms with E-state index in [1.165, 1.54) is 6.07 Å². The molecule has 10 heteroatoms. The number of hydrogen-bond acceptors (Lipinski definition) is 7. The lowest BCUT2D eigenvalue weighted by Gasteiger charge is -2.25. The van der Waals surface area contributed by atoms with Gasteiger partial charge >= 0.3 is 0 Å². The van der Waals surface area contributed by atoms with Gasteiger partial charge in [-0.3, -0.25) is 14.9 Å². The Morgan fingerprint density at radius 3 is 2.60 bits per heavy atom. The number of nitro benzene ring substituents is 1. The van der Waals surface area contributed by atoms with Crippen molar-refractivity contribution in [2.75, 3.05) is 6.61 Å². The molecule has 30 heavy (non-hydrogen) atoms. The molecule has 0 fully saturated rings. The van der Waals surface area contributed by atoms with Gasteiger partial charge in [-0.15, -0.1) is 0 Å². The molecule has 1 heterocycles. The number of nitrogens with zero attached hydrogens (tertiary/aromatic N) is 2. The van der Waals surface area contributed by atoms with E-state index < -0.39 is 28.4 Å². The van der Waals surface area contributed by atoms with Gasteiger partial charge in [0.25, 0.3) is 11.6 Å². The number of carbonyl (C=O) groups is 1. The molecule has 0 spiro atoms. The fourth-order valence-corrected chi connectivity index (χ4v) is 3.18. The van der Waals surface area contributed by atoms with E-state index in [0.29, 0.717) is 11.5 Å². The van der Waals surface area contributed by atoms with Crippen LogP contribution in [0.3, 0.4) is 0 Å². The predicted molar refractivity (Wildman–Crippen MR) is 107 cm³/mol. The third-order valence-corrected chi connectivity index (χ3v) is 4.62. The number of halogens is 1. The fourth-order valence-electron chi connectivity index (χ4n) is 2.95. The average molecular weight is 427 g/mol. The molecule has 1 N–H and O–H groups in total. The summed E-state index contributed by atoms with van der Waals surface area (Å²) in [4.78, 5) is 22.4. The quantitative estimate of drug-likeness (QED) is 0.388. The number of rotatable bonds is 4. The second-order valence-electron chi connectivity index (χ2n) is 6.40. The first kappa shape index (κ1) is 19.5. The minimum atomic E-state index is -0.962. The second-order valence-corrected chi connectivity index (χ2v) is 6.83. The van der Waals surface area contributed by atoms with E-state index in [1.807, 2.05) is 30.3 Å². The van der Waals surface area contributed by atoms with Crippen LogP contribution in [-0.2, 0) is 4.79 Å². The molecule has 9 nitrogen and oxygen atoms in total. The van der Waals surface area contributed by atoms with Gasteiger partial charge < -0.3 is 14.6 Å². The number of nitrogens with one attached hydrogen (secondary N) is 1.